The largest absolute Gasteiger partial charge is 0.493 e. The minimum Gasteiger partial charge on any atom is -0.493 e. The third kappa shape index (κ3) is 4.82. The molecule has 2 aromatic heterocycles. The molecule has 29 heavy (non-hydrogen) atoms. The summed E-state index contributed by atoms with van der Waals surface area (Å²) in [7, 11) is 2.94. The van der Waals surface area contributed by atoms with Gasteiger partial charge in [0.15, 0.2) is 11.5 Å². The van der Waals surface area contributed by atoms with Crippen molar-refractivity contribution in [2.24, 2.45) is 0 Å². The second-order valence-electron chi connectivity index (χ2n) is 5.70. The Balaban J connectivity index is 1.53. The molecule has 0 aliphatic heterocycles. The Hall–Kier alpha value is -3.60. The second kappa shape index (κ2) is 9.06. The third-order valence-corrected chi connectivity index (χ3v) is 4.71. The lowest BCUT2D eigenvalue weighted by Crippen LogP contribution is -2.42. The van der Waals surface area contributed by atoms with Crippen molar-refractivity contribution in [1.29, 1.82) is 0 Å². The van der Waals surface area contributed by atoms with Gasteiger partial charge in [0.1, 0.15) is 0 Å². The number of hydrogen-bond donors (Lipinski definition) is 2. The van der Waals surface area contributed by atoms with Crippen molar-refractivity contribution in [2.45, 2.75) is 13.0 Å². The molecule has 2 N–H and O–H groups in total. The van der Waals surface area contributed by atoms with E-state index in [1.807, 2.05) is 11.4 Å². The summed E-state index contributed by atoms with van der Waals surface area (Å²) in [5, 5.41) is 5.89. The first-order valence-electron chi connectivity index (χ1n) is 8.45. The van der Waals surface area contributed by atoms with Crippen molar-refractivity contribution < 1.29 is 23.5 Å². The molecule has 0 saturated carbocycles. The number of methoxy groups -OCH3 is 2. The quantitative estimate of drug-likeness (QED) is 0.556. The zero-order chi connectivity index (χ0) is 20.8. The molecule has 0 fully saturated rings. The van der Waals surface area contributed by atoms with Crippen molar-refractivity contribution in [2.75, 3.05) is 14.2 Å². The van der Waals surface area contributed by atoms with Crippen molar-refractivity contribution in [3.8, 4) is 22.3 Å². The molecule has 3 rings (SSSR count). The normalized spacial score (nSPS) is 10.4. The highest BCUT2D eigenvalue weighted by Crippen LogP contribution is 2.27. The minimum absolute atomic E-state index is 0.00573. The molecule has 2 amide bonds. The predicted molar refractivity (Wildman–Crippen MR) is 104 cm³/mol. The molecular formula is C18H18N4O6S. The number of amides is 2. The fourth-order valence-corrected chi connectivity index (χ4v) is 3.04. The molecule has 3 aromatic rings. The average molecular weight is 418 g/mol. The zero-order valence-electron chi connectivity index (χ0n) is 15.6. The Bertz CT molecular complexity index is 1060. The summed E-state index contributed by atoms with van der Waals surface area (Å²) in [5.74, 6) is -0.612. The summed E-state index contributed by atoms with van der Waals surface area (Å²) in [6, 6.07) is 8.19. The lowest BCUT2D eigenvalue weighted by atomic mass is 10.2. The van der Waals surface area contributed by atoms with Gasteiger partial charge in [-0.15, -0.1) is 16.4 Å². The number of ether oxygens (including phenoxy) is 2. The Labute approximate surface area is 169 Å². The first-order valence-corrected chi connectivity index (χ1v) is 9.33. The first kappa shape index (κ1) is 20.1. The molecule has 0 atom stereocenters. The van der Waals surface area contributed by atoms with Gasteiger partial charge in [-0.1, -0.05) is 6.07 Å². The highest BCUT2D eigenvalue weighted by molar-refractivity contribution is 7.13. The standard InChI is InChI=1S/C18H18N4O6S/c1-26-12-6-5-11(10-13(12)27-2)16(24)20-19-15(23)7-8-22-18(25)28-17(21-22)14-4-3-9-29-14/h3-6,9-10H,7-8H2,1-2H3,(H,19,23)(H,20,24). The van der Waals surface area contributed by atoms with Crippen LogP contribution in [0.3, 0.4) is 0 Å². The topological polar surface area (TPSA) is 125 Å². The van der Waals surface area contributed by atoms with Gasteiger partial charge >= 0.3 is 5.76 Å². The van der Waals surface area contributed by atoms with Crippen LogP contribution >= 0.6 is 11.3 Å². The number of nitrogens with one attached hydrogen (secondary N) is 2. The lowest BCUT2D eigenvalue weighted by Gasteiger charge is -2.10. The maximum atomic E-state index is 12.2. The van der Waals surface area contributed by atoms with E-state index in [1.165, 1.54) is 37.7 Å². The van der Waals surface area contributed by atoms with Crippen molar-refractivity contribution >= 4 is 23.2 Å². The van der Waals surface area contributed by atoms with Crippen LogP contribution in [-0.4, -0.2) is 35.8 Å². The summed E-state index contributed by atoms with van der Waals surface area (Å²) < 4.78 is 16.4. The molecule has 0 radical (unpaired) electrons. The highest BCUT2D eigenvalue weighted by atomic mass is 32.1. The highest BCUT2D eigenvalue weighted by Gasteiger charge is 2.14. The van der Waals surface area contributed by atoms with E-state index >= 15 is 0 Å². The number of carbonyl (C=O) groups is 2. The monoisotopic (exact) mass is 418 g/mol. The number of carbonyl (C=O) groups excluding carboxylic acids is 2. The Kier molecular flexibility index (Phi) is 6.29. The van der Waals surface area contributed by atoms with Gasteiger partial charge in [-0.3, -0.25) is 20.4 Å². The molecule has 10 nitrogen and oxygen atoms in total. The lowest BCUT2D eigenvalue weighted by molar-refractivity contribution is -0.122. The Morgan fingerprint density at radius 1 is 1.17 bits per heavy atom. The molecule has 0 aliphatic rings. The minimum atomic E-state index is -0.657. The molecule has 0 unspecified atom stereocenters. The van der Waals surface area contributed by atoms with Crippen molar-refractivity contribution in [1.82, 2.24) is 20.6 Å². The van der Waals surface area contributed by atoms with Gasteiger partial charge in [-0.25, -0.2) is 4.79 Å². The molecule has 0 saturated heterocycles. The molecule has 152 valence electrons. The number of aromatic nitrogens is 2. The van der Waals surface area contributed by atoms with Crippen LogP contribution in [-0.2, 0) is 11.3 Å². The third-order valence-electron chi connectivity index (χ3n) is 3.85. The van der Waals surface area contributed by atoms with Crippen molar-refractivity contribution in [3.63, 3.8) is 0 Å². The van der Waals surface area contributed by atoms with E-state index in [-0.39, 0.29) is 24.4 Å². The SMILES string of the molecule is COc1ccc(C(=O)NNC(=O)CCn2nc(-c3cccs3)oc2=O)cc1OC. The van der Waals surface area contributed by atoms with Crippen LogP contribution in [0, 0.1) is 0 Å². The van der Waals surface area contributed by atoms with Crippen LogP contribution in [0.15, 0.2) is 44.9 Å². The number of nitrogens with zero attached hydrogens (tertiary/aromatic N) is 2. The molecule has 1 aromatic carbocycles. The van der Waals surface area contributed by atoms with E-state index in [4.69, 9.17) is 13.9 Å². The first-order chi connectivity index (χ1) is 14.0. The van der Waals surface area contributed by atoms with Crippen molar-refractivity contribution in [3.05, 3.63) is 51.8 Å². The summed E-state index contributed by atoms with van der Waals surface area (Å²) in [5.41, 5.74) is 4.86. The van der Waals surface area contributed by atoms with Crippen LogP contribution < -0.4 is 26.1 Å². The zero-order valence-corrected chi connectivity index (χ0v) is 16.4. The van der Waals surface area contributed by atoms with Crippen LogP contribution in [0.25, 0.3) is 10.8 Å². The van der Waals surface area contributed by atoms with E-state index in [0.29, 0.717) is 16.4 Å². The van der Waals surface area contributed by atoms with E-state index < -0.39 is 17.6 Å². The maximum absolute atomic E-state index is 12.2. The van der Waals surface area contributed by atoms with Gasteiger partial charge in [-0.05, 0) is 29.6 Å². The molecule has 11 heteroatoms. The van der Waals surface area contributed by atoms with Gasteiger partial charge in [0.2, 0.25) is 5.91 Å². The number of hydrazine groups is 1. The maximum Gasteiger partial charge on any atom is 0.437 e. The van der Waals surface area contributed by atoms with Gasteiger partial charge in [-0.2, -0.15) is 4.68 Å². The summed E-state index contributed by atoms with van der Waals surface area (Å²) in [6.07, 6.45) is -0.0808. The fourth-order valence-electron chi connectivity index (χ4n) is 2.39. The van der Waals surface area contributed by atoms with Crippen LogP contribution in [0.1, 0.15) is 16.8 Å². The van der Waals surface area contributed by atoms with Crippen LogP contribution in [0.2, 0.25) is 0 Å². The molecule has 2 heterocycles. The van der Waals surface area contributed by atoms with Gasteiger partial charge in [0, 0.05) is 12.0 Å². The Morgan fingerprint density at radius 2 is 1.97 bits per heavy atom. The Morgan fingerprint density at radius 3 is 2.66 bits per heavy atom. The molecule has 0 spiro atoms. The number of benzene rings is 1. The van der Waals surface area contributed by atoms with E-state index in [9.17, 15) is 14.4 Å². The fraction of sp³-hybridized carbons (Fsp3) is 0.222. The smallest absolute Gasteiger partial charge is 0.437 e. The van der Waals surface area contributed by atoms with Gasteiger partial charge in [0.25, 0.3) is 11.8 Å². The van der Waals surface area contributed by atoms with Gasteiger partial charge < -0.3 is 13.9 Å². The average Bonchev–Trinajstić information content (AvgIpc) is 3.39. The van der Waals surface area contributed by atoms with Crippen LogP contribution in [0.4, 0.5) is 0 Å². The van der Waals surface area contributed by atoms with Gasteiger partial charge in [0.05, 0.1) is 25.6 Å². The number of aryl methyl sites for hydroxylation is 1. The van der Waals surface area contributed by atoms with Crippen LogP contribution in [0.5, 0.6) is 11.5 Å². The van der Waals surface area contributed by atoms with E-state index in [1.54, 1.807) is 12.1 Å². The summed E-state index contributed by atoms with van der Waals surface area (Å²) in [6.45, 7) is 0.00573. The number of hydrogen-bond acceptors (Lipinski definition) is 8. The molecule has 0 bridgehead atoms. The number of rotatable bonds is 7. The van der Waals surface area contributed by atoms with E-state index in [2.05, 4.69) is 16.0 Å². The molecule has 0 aliphatic carbocycles. The number of thiophene rings is 1. The summed E-state index contributed by atoms with van der Waals surface area (Å²) in [4.78, 5) is 36.7. The predicted octanol–water partition coefficient (Wildman–Crippen LogP) is 1.43. The van der Waals surface area contributed by atoms with E-state index in [0.717, 1.165) is 4.68 Å². The second-order valence-corrected chi connectivity index (χ2v) is 6.64. The molecular weight excluding hydrogens is 400 g/mol. The summed E-state index contributed by atoms with van der Waals surface area (Å²) >= 11 is 1.38.